The molecule has 7 heteroatoms. The Kier molecular flexibility index (Phi) is 5.07. The summed E-state index contributed by atoms with van der Waals surface area (Å²) in [6, 6.07) is 18.3. The quantitative estimate of drug-likeness (QED) is 0.263. The van der Waals surface area contributed by atoms with Crippen LogP contribution in [-0.4, -0.2) is 30.1 Å². The first-order valence-electron chi connectivity index (χ1n) is 11.5. The third kappa shape index (κ3) is 3.83. The van der Waals surface area contributed by atoms with Crippen molar-refractivity contribution in [2.45, 2.75) is 13.3 Å². The van der Waals surface area contributed by atoms with E-state index in [1.165, 1.54) is 0 Å². The number of benzene rings is 1. The molecular weight excluding hydrogens is 434 g/mol. The van der Waals surface area contributed by atoms with E-state index in [4.69, 9.17) is 0 Å². The summed E-state index contributed by atoms with van der Waals surface area (Å²) >= 11 is 0. The Bertz CT molecular complexity index is 1680. The summed E-state index contributed by atoms with van der Waals surface area (Å²) in [5.74, 6) is 0. The van der Waals surface area contributed by atoms with E-state index < -0.39 is 0 Å². The highest BCUT2D eigenvalue weighted by atomic mass is 15.1. The molecule has 0 spiro atoms. The SMILES string of the molecule is C=C(CC)Nc1cncc(-c2ccc3[nH]nc(-c4cc5c(-c6ccccn6)ccnc5[nH]4)c3c2)c1. The van der Waals surface area contributed by atoms with E-state index in [0.717, 1.165) is 73.5 Å². The van der Waals surface area contributed by atoms with Gasteiger partial charge in [-0.2, -0.15) is 5.10 Å². The van der Waals surface area contributed by atoms with Crippen LogP contribution in [0.5, 0.6) is 0 Å². The van der Waals surface area contributed by atoms with Crippen LogP contribution in [0.15, 0.2) is 91.7 Å². The highest BCUT2D eigenvalue weighted by Gasteiger charge is 2.15. The molecule has 0 bridgehead atoms. The first-order chi connectivity index (χ1) is 17.2. The molecule has 35 heavy (non-hydrogen) atoms. The van der Waals surface area contributed by atoms with Crippen molar-refractivity contribution < 1.29 is 0 Å². The van der Waals surface area contributed by atoms with E-state index >= 15 is 0 Å². The second kappa shape index (κ2) is 8.53. The number of anilines is 1. The number of aromatic amines is 2. The van der Waals surface area contributed by atoms with Crippen LogP contribution in [0, 0.1) is 0 Å². The van der Waals surface area contributed by atoms with E-state index in [1.807, 2.05) is 42.7 Å². The highest BCUT2D eigenvalue weighted by molar-refractivity contribution is 6.00. The zero-order valence-electron chi connectivity index (χ0n) is 19.2. The molecule has 7 nitrogen and oxygen atoms in total. The molecule has 0 amide bonds. The number of pyridine rings is 3. The number of fused-ring (bicyclic) bond motifs is 2. The second-order valence-corrected chi connectivity index (χ2v) is 8.40. The summed E-state index contributed by atoms with van der Waals surface area (Å²) in [6.45, 7) is 6.10. The van der Waals surface area contributed by atoms with Crippen LogP contribution in [-0.2, 0) is 0 Å². The molecule has 0 aliphatic rings. The fourth-order valence-corrected chi connectivity index (χ4v) is 4.26. The second-order valence-electron chi connectivity index (χ2n) is 8.40. The molecule has 5 aromatic heterocycles. The molecule has 6 aromatic rings. The van der Waals surface area contributed by atoms with Gasteiger partial charge in [0.15, 0.2) is 0 Å². The van der Waals surface area contributed by atoms with Crippen molar-refractivity contribution >= 4 is 27.6 Å². The van der Waals surface area contributed by atoms with Gasteiger partial charge in [-0.1, -0.05) is 25.6 Å². The van der Waals surface area contributed by atoms with Crippen molar-refractivity contribution in [2.24, 2.45) is 0 Å². The Balaban J connectivity index is 1.43. The maximum absolute atomic E-state index is 4.63. The normalized spacial score (nSPS) is 11.2. The minimum atomic E-state index is 0.801. The molecule has 0 saturated carbocycles. The predicted octanol–water partition coefficient (Wildman–Crippen LogP) is 6.57. The number of allylic oxidation sites excluding steroid dienone is 1. The van der Waals surface area contributed by atoms with E-state index in [1.54, 1.807) is 12.4 Å². The lowest BCUT2D eigenvalue weighted by Gasteiger charge is -2.09. The zero-order valence-corrected chi connectivity index (χ0v) is 19.2. The lowest BCUT2D eigenvalue weighted by atomic mass is 10.0. The average Bonchev–Trinajstić information content (AvgIpc) is 3.53. The van der Waals surface area contributed by atoms with Crippen molar-refractivity contribution in [1.82, 2.24) is 30.1 Å². The molecule has 0 atom stereocenters. The third-order valence-electron chi connectivity index (χ3n) is 6.11. The lowest BCUT2D eigenvalue weighted by molar-refractivity contribution is 1.11. The average molecular weight is 458 g/mol. The summed E-state index contributed by atoms with van der Waals surface area (Å²) in [4.78, 5) is 16.9. The van der Waals surface area contributed by atoms with E-state index in [-0.39, 0.29) is 0 Å². The molecule has 5 heterocycles. The minimum Gasteiger partial charge on any atom is -0.358 e. The highest BCUT2D eigenvalue weighted by Crippen LogP contribution is 2.34. The molecule has 170 valence electrons. The van der Waals surface area contributed by atoms with Crippen LogP contribution in [0.1, 0.15) is 13.3 Å². The molecular formula is C28H23N7. The molecule has 0 aliphatic carbocycles. The van der Waals surface area contributed by atoms with Crippen molar-refractivity contribution in [3.63, 3.8) is 0 Å². The molecule has 0 radical (unpaired) electrons. The summed E-state index contributed by atoms with van der Waals surface area (Å²) in [5, 5.41) is 13.1. The number of aromatic nitrogens is 6. The monoisotopic (exact) mass is 457 g/mol. The Morgan fingerprint density at radius 3 is 2.74 bits per heavy atom. The number of nitrogens with zero attached hydrogens (tertiary/aromatic N) is 4. The van der Waals surface area contributed by atoms with Gasteiger partial charge in [0.05, 0.1) is 28.8 Å². The van der Waals surface area contributed by atoms with Gasteiger partial charge in [0.25, 0.3) is 0 Å². The third-order valence-corrected chi connectivity index (χ3v) is 6.11. The van der Waals surface area contributed by atoms with Gasteiger partial charge in [0.1, 0.15) is 11.3 Å². The molecule has 0 aliphatic heterocycles. The maximum Gasteiger partial charge on any atom is 0.138 e. The smallest absolute Gasteiger partial charge is 0.138 e. The van der Waals surface area contributed by atoms with Crippen molar-refractivity contribution in [3.05, 3.63) is 91.7 Å². The topological polar surface area (TPSA) is 95.2 Å². The van der Waals surface area contributed by atoms with Crippen LogP contribution >= 0.6 is 0 Å². The van der Waals surface area contributed by atoms with E-state index in [9.17, 15) is 0 Å². The molecule has 0 fully saturated rings. The van der Waals surface area contributed by atoms with Gasteiger partial charge in [-0.15, -0.1) is 0 Å². The summed E-state index contributed by atoms with van der Waals surface area (Å²) in [6.07, 6.45) is 8.13. The van der Waals surface area contributed by atoms with Crippen LogP contribution in [0.25, 0.3) is 55.7 Å². The van der Waals surface area contributed by atoms with Gasteiger partial charge < -0.3 is 10.3 Å². The Morgan fingerprint density at radius 1 is 0.943 bits per heavy atom. The number of rotatable bonds is 6. The van der Waals surface area contributed by atoms with Crippen molar-refractivity contribution in [2.75, 3.05) is 5.32 Å². The standard InChI is InChI=1S/C28H23N7/c1-3-17(2)32-20-12-19(15-29-16-20)18-7-8-25-23(13-18)27(35-34-25)26-14-22-21(9-11-31-28(22)33-26)24-6-4-5-10-30-24/h4-16,32H,2-3H2,1H3,(H,31,33)(H,34,35). The van der Waals surface area contributed by atoms with Crippen molar-refractivity contribution in [1.29, 1.82) is 0 Å². The van der Waals surface area contributed by atoms with Crippen LogP contribution in [0.2, 0.25) is 0 Å². The Morgan fingerprint density at radius 2 is 1.89 bits per heavy atom. The number of H-pyrrole nitrogens is 2. The Labute approximate surface area is 202 Å². The maximum atomic E-state index is 4.63. The molecule has 3 N–H and O–H groups in total. The number of nitrogens with one attached hydrogen (secondary N) is 3. The number of hydrogen-bond acceptors (Lipinski definition) is 5. The van der Waals surface area contributed by atoms with E-state index in [2.05, 4.69) is 73.2 Å². The van der Waals surface area contributed by atoms with Gasteiger partial charge in [-0.3, -0.25) is 15.1 Å². The first-order valence-corrected chi connectivity index (χ1v) is 11.5. The summed E-state index contributed by atoms with van der Waals surface area (Å²) < 4.78 is 0. The van der Waals surface area contributed by atoms with Crippen LogP contribution < -0.4 is 5.32 Å². The van der Waals surface area contributed by atoms with Gasteiger partial charge in [-0.05, 0) is 54.4 Å². The Hall–Kier alpha value is -4.78. The lowest BCUT2D eigenvalue weighted by Crippen LogP contribution is -1.97. The van der Waals surface area contributed by atoms with Crippen molar-refractivity contribution in [3.8, 4) is 33.8 Å². The van der Waals surface area contributed by atoms with Gasteiger partial charge in [0.2, 0.25) is 0 Å². The predicted molar refractivity (Wildman–Crippen MR) is 141 cm³/mol. The zero-order chi connectivity index (χ0) is 23.8. The van der Waals surface area contributed by atoms with Crippen LogP contribution in [0.4, 0.5) is 5.69 Å². The van der Waals surface area contributed by atoms with E-state index in [0.29, 0.717) is 0 Å². The largest absolute Gasteiger partial charge is 0.358 e. The van der Waals surface area contributed by atoms with Gasteiger partial charge in [0, 0.05) is 46.2 Å². The molecule has 1 aromatic carbocycles. The number of hydrogen-bond donors (Lipinski definition) is 3. The summed E-state index contributed by atoms with van der Waals surface area (Å²) in [7, 11) is 0. The van der Waals surface area contributed by atoms with Crippen LogP contribution in [0.3, 0.4) is 0 Å². The fourth-order valence-electron chi connectivity index (χ4n) is 4.26. The van der Waals surface area contributed by atoms with Gasteiger partial charge >= 0.3 is 0 Å². The molecule has 0 unspecified atom stereocenters. The first kappa shape index (κ1) is 20.8. The fraction of sp³-hybridized carbons (Fsp3) is 0.0714. The molecule has 0 saturated heterocycles. The minimum absolute atomic E-state index is 0.801. The molecule has 6 rings (SSSR count). The summed E-state index contributed by atoms with van der Waals surface area (Å²) in [5.41, 5.74) is 9.39. The van der Waals surface area contributed by atoms with Gasteiger partial charge in [-0.25, -0.2) is 4.98 Å².